The summed E-state index contributed by atoms with van der Waals surface area (Å²) >= 11 is 0. The highest BCUT2D eigenvalue weighted by Crippen LogP contribution is 2.52. The first-order chi connectivity index (χ1) is 10.7. The Bertz CT molecular complexity index is 364. The van der Waals surface area contributed by atoms with Crippen LogP contribution in [0.25, 0.3) is 0 Å². The molecule has 2 saturated heterocycles. The van der Waals surface area contributed by atoms with Crippen LogP contribution in [0.1, 0.15) is 84.0 Å². The summed E-state index contributed by atoms with van der Waals surface area (Å²) in [7, 11) is 2.46. The lowest BCUT2D eigenvalue weighted by Crippen LogP contribution is -2.51. The first-order valence-corrected chi connectivity index (χ1v) is 10.5. The molecule has 2 aliphatic heterocycles. The quantitative estimate of drug-likeness (QED) is 0.652. The fourth-order valence-electron chi connectivity index (χ4n) is 6.95. The molecule has 2 aliphatic carbocycles. The summed E-state index contributed by atoms with van der Waals surface area (Å²) in [6.07, 6.45) is 18.4. The van der Waals surface area contributed by atoms with Crippen molar-refractivity contribution >= 4 is 0 Å². The molecule has 0 N–H and O–H groups in total. The third-order valence-electron chi connectivity index (χ3n) is 8.24. The van der Waals surface area contributed by atoms with E-state index in [4.69, 9.17) is 0 Å². The zero-order chi connectivity index (χ0) is 15.1. The van der Waals surface area contributed by atoms with E-state index in [0.29, 0.717) is 0 Å². The van der Waals surface area contributed by atoms with Crippen molar-refractivity contribution in [1.82, 2.24) is 4.90 Å². The Labute approximate surface area is 138 Å². The molecule has 1 nitrogen and oxygen atoms in total. The monoisotopic (exact) mass is 303 g/mol. The second-order valence-corrected chi connectivity index (χ2v) is 9.36. The van der Waals surface area contributed by atoms with Crippen LogP contribution in [0.15, 0.2) is 0 Å². The van der Waals surface area contributed by atoms with Crippen molar-refractivity contribution in [1.29, 1.82) is 0 Å². The second-order valence-electron chi connectivity index (χ2n) is 9.36. The highest BCUT2D eigenvalue weighted by atomic mass is 15.2. The largest absolute Gasteiger partial charge is 0.300 e. The molecule has 0 spiro atoms. The Morgan fingerprint density at radius 2 is 1.45 bits per heavy atom. The van der Waals surface area contributed by atoms with Crippen LogP contribution in [0.5, 0.6) is 0 Å². The van der Waals surface area contributed by atoms with E-state index in [1.165, 1.54) is 44.9 Å². The molecule has 22 heavy (non-hydrogen) atoms. The smallest absolute Gasteiger partial charge is 0.0129 e. The Kier molecular flexibility index (Phi) is 4.55. The normalized spacial score (nSPS) is 47.7. The molecule has 0 aromatic rings. The molecular weight excluding hydrogens is 266 g/mol. The van der Waals surface area contributed by atoms with Crippen molar-refractivity contribution in [3.63, 3.8) is 0 Å². The van der Waals surface area contributed by atoms with Crippen LogP contribution in [-0.2, 0) is 0 Å². The minimum absolute atomic E-state index is 0.939. The SMILES string of the molecule is CC1CCC(C2CC3CCC(C2C2CCCCC2)N3C)CC1. The Hall–Kier alpha value is -0.0400. The minimum atomic E-state index is 0.939. The molecular formula is C21H37N. The molecule has 2 saturated carbocycles. The van der Waals surface area contributed by atoms with Gasteiger partial charge in [-0.15, -0.1) is 0 Å². The van der Waals surface area contributed by atoms with Gasteiger partial charge in [-0.3, -0.25) is 0 Å². The molecule has 0 aromatic heterocycles. The molecule has 4 rings (SSSR count). The molecule has 4 unspecified atom stereocenters. The van der Waals surface area contributed by atoms with Gasteiger partial charge in [0.1, 0.15) is 0 Å². The van der Waals surface area contributed by atoms with Crippen LogP contribution >= 0.6 is 0 Å². The second kappa shape index (κ2) is 6.46. The van der Waals surface area contributed by atoms with Gasteiger partial charge in [0.15, 0.2) is 0 Å². The highest BCUT2D eigenvalue weighted by molar-refractivity contribution is 5.02. The summed E-state index contributed by atoms with van der Waals surface area (Å²) in [5.74, 6) is 5.31. The summed E-state index contributed by atoms with van der Waals surface area (Å²) in [5, 5.41) is 0. The Morgan fingerprint density at radius 1 is 0.727 bits per heavy atom. The van der Waals surface area contributed by atoms with Crippen molar-refractivity contribution in [2.45, 2.75) is 96.1 Å². The molecule has 0 radical (unpaired) electrons. The van der Waals surface area contributed by atoms with Crippen LogP contribution in [0.4, 0.5) is 0 Å². The zero-order valence-corrected chi connectivity index (χ0v) is 15.0. The number of fused-ring (bicyclic) bond motifs is 2. The van der Waals surface area contributed by atoms with Crippen LogP contribution < -0.4 is 0 Å². The number of rotatable bonds is 2. The van der Waals surface area contributed by atoms with E-state index < -0.39 is 0 Å². The third kappa shape index (κ3) is 2.76. The average Bonchev–Trinajstić information content (AvgIpc) is 2.79. The molecule has 2 heterocycles. The number of hydrogen-bond donors (Lipinski definition) is 0. The van der Waals surface area contributed by atoms with E-state index in [1.807, 2.05) is 0 Å². The van der Waals surface area contributed by atoms with Crippen molar-refractivity contribution in [3.05, 3.63) is 0 Å². The van der Waals surface area contributed by atoms with Crippen molar-refractivity contribution in [2.24, 2.45) is 29.6 Å². The Balaban J connectivity index is 1.54. The molecule has 1 heteroatoms. The van der Waals surface area contributed by atoms with Gasteiger partial charge in [-0.05, 0) is 68.7 Å². The topological polar surface area (TPSA) is 3.24 Å². The zero-order valence-electron chi connectivity index (χ0n) is 15.0. The van der Waals surface area contributed by atoms with Gasteiger partial charge < -0.3 is 4.90 Å². The van der Waals surface area contributed by atoms with Crippen LogP contribution in [0, 0.1) is 29.6 Å². The number of nitrogens with zero attached hydrogens (tertiary/aromatic N) is 1. The van der Waals surface area contributed by atoms with E-state index >= 15 is 0 Å². The Morgan fingerprint density at radius 3 is 2.18 bits per heavy atom. The van der Waals surface area contributed by atoms with Crippen molar-refractivity contribution in [3.8, 4) is 0 Å². The minimum Gasteiger partial charge on any atom is -0.300 e. The lowest BCUT2D eigenvalue weighted by molar-refractivity contribution is -0.0165. The van der Waals surface area contributed by atoms with Crippen LogP contribution in [0.3, 0.4) is 0 Å². The first kappa shape index (κ1) is 15.5. The van der Waals surface area contributed by atoms with Crippen LogP contribution in [0.2, 0.25) is 0 Å². The lowest BCUT2D eigenvalue weighted by atomic mass is 9.61. The number of piperidine rings is 1. The summed E-state index contributed by atoms with van der Waals surface area (Å²) < 4.78 is 0. The van der Waals surface area contributed by atoms with E-state index in [1.54, 1.807) is 32.1 Å². The molecule has 4 fully saturated rings. The molecule has 0 amide bonds. The molecule has 126 valence electrons. The fraction of sp³-hybridized carbons (Fsp3) is 1.00. The van der Waals surface area contributed by atoms with Crippen LogP contribution in [-0.4, -0.2) is 24.0 Å². The summed E-state index contributed by atoms with van der Waals surface area (Å²) in [6.45, 7) is 2.48. The molecule has 2 bridgehead atoms. The van der Waals surface area contributed by atoms with Gasteiger partial charge in [-0.25, -0.2) is 0 Å². The summed E-state index contributed by atoms with van der Waals surface area (Å²) in [6, 6.07) is 1.89. The standard InChI is InChI=1S/C21H37N/c1-15-8-10-16(11-9-15)19-14-18-12-13-20(22(18)2)21(19)17-6-4-3-5-7-17/h15-21H,3-14H2,1-2H3. The fourth-order valence-corrected chi connectivity index (χ4v) is 6.95. The van der Waals surface area contributed by atoms with Gasteiger partial charge in [0.2, 0.25) is 0 Å². The maximum Gasteiger partial charge on any atom is 0.0129 e. The number of hydrogen-bond acceptors (Lipinski definition) is 1. The average molecular weight is 304 g/mol. The summed E-state index contributed by atoms with van der Waals surface area (Å²) in [5.41, 5.74) is 0. The van der Waals surface area contributed by atoms with E-state index in [0.717, 1.165) is 41.7 Å². The van der Waals surface area contributed by atoms with Gasteiger partial charge in [-0.1, -0.05) is 51.9 Å². The van der Waals surface area contributed by atoms with Gasteiger partial charge in [0, 0.05) is 12.1 Å². The van der Waals surface area contributed by atoms with Crippen molar-refractivity contribution < 1.29 is 0 Å². The van der Waals surface area contributed by atoms with Gasteiger partial charge in [0.25, 0.3) is 0 Å². The van der Waals surface area contributed by atoms with Gasteiger partial charge in [-0.2, -0.15) is 0 Å². The molecule has 4 atom stereocenters. The van der Waals surface area contributed by atoms with E-state index in [-0.39, 0.29) is 0 Å². The maximum atomic E-state index is 2.82. The first-order valence-electron chi connectivity index (χ1n) is 10.5. The lowest BCUT2D eigenvalue weighted by Gasteiger charge is -2.51. The highest BCUT2D eigenvalue weighted by Gasteiger charge is 2.50. The van der Waals surface area contributed by atoms with E-state index in [9.17, 15) is 0 Å². The van der Waals surface area contributed by atoms with Crippen molar-refractivity contribution in [2.75, 3.05) is 7.05 Å². The van der Waals surface area contributed by atoms with E-state index in [2.05, 4.69) is 18.9 Å². The molecule has 0 aromatic carbocycles. The third-order valence-corrected chi connectivity index (χ3v) is 8.24. The van der Waals surface area contributed by atoms with Gasteiger partial charge in [0.05, 0.1) is 0 Å². The predicted molar refractivity (Wildman–Crippen MR) is 93.9 cm³/mol. The predicted octanol–water partition coefficient (Wildman–Crippen LogP) is 5.49. The molecule has 4 aliphatic rings. The summed E-state index contributed by atoms with van der Waals surface area (Å²) in [4.78, 5) is 2.82. The maximum absolute atomic E-state index is 2.82. The van der Waals surface area contributed by atoms with Gasteiger partial charge >= 0.3 is 0 Å².